The van der Waals surface area contributed by atoms with Crippen molar-refractivity contribution >= 4 is 34.4 Å². The van der Waals surface area contributed by atoms with Gasteiger partial charge in [0.05, 0.1) is 5.38 Å². The molecular weight excluding hydrogens is 322 g/mol. The minimum Gasteiger partial charge on any atom is -0.445 e. The van der Waals surface area contributed by atoms with Crippen LogP contribution in [0.4, 0.5) is 4.79 Å². The Hall–Kier alpha value is -1.72. The van der Waals surface area contributed by atoms with Gasteiger partial charge < -0.3 is 10.1 Å². The number of carbonyl (C=O) groups is 2. The van der Waals surface area contributed by atoms with Gasteiger partial charge in [0.2, 0.25) is 0 Å². The first-order valence-corrected chi connectivity index (χ1v) is 8.84. The molecule has 1 unspecified atom stereocenters. The maximum absolute atomic E-state index is 12.2. The Kier molecular flexibility index (Phi) is 6.10. The molecule has 1 aliphatic rings. The van der Waals surface area contributed by atoms with Crippen molar-refractivity contribution in [2.75, 3.05) is 0 Å². The van der Waals surface area contributed by atoms with Gasteiger partial charge in [0, 0.05) is 0 Å². The number of nitrogens with one attached hydrogen (secondary N) is 1. The van der Waals surface area contributed by atoms with E-state index in [1.807, 2.05) is 53.3 Å². The van der Waals surface area contributed by atoms with Crippen LogP contribution in [0.3, 0.4) is 0 Å². The summed E-state index contributed by atoms with van der Waals surface area (Å²) in [5, 5.41) is 5.15. The van der Waals surface area contributed by atoms with E-state index in [2.05, 4.69) is 5.32 Å². The van der Waals surface area contributed by atoms with E-state index in [1.54, 1.807) is 6.92 Å². The number of ketones is 1. The number of ether oxygens (including phenoxy) is 1. The summed E-state index contributed by atoms with van der Waals surface area (Å²) < 4.78 is 5.16. The lowest BCUT2D eigenvalue weighted by Crippen LogP contribution is -2.42. The molecule has 4 nitrogen and oxygen atoms in total. The summed E-state index contributed by atoms with van der Waals surface area (Å²) in [6.07, 6.45) is 3.11. The average Bonchev–Trinajstić information content (AvgIpc) is 3.05. The highest BCUT2D eigenvalue weighted by atomic mass is 35.5. The molecule has 118 valence electrons. The number of halogens is 1. The second-order valence-electron chi connectivity index (χ2n) is 4.76. The van der Waals surface area contributed by atoms with E-state index < -0.39 is 27.7 Å². The minimum atomic E-state index is -0.885. The van der Waals surface area contributed by atoms with Crippen LogP contribution in [0.2, 0.25) is 0 Å². The lowest BCUT2D eigenvalue weighted by Gasteiger charge is -2.24. The average molecular weight is 340 g/mol. The fourth-order valence-corrected chi connectivity index (χ4v) is 3.93. The van der Waals surface area contributed by atoms with Crippen LogP contribution in [0.15, 0.2) is 53.3 Å². The molecular formula is C16H18ClNO3S. The molecule has 1 amide bonds. The summed E-state index contributed by atoms with van der Waals surface area (Å²) in [6, 6.07) is 9.36. The van der Waals surface area contributed by atoms with Crippen molar-refractivity contribution in [2.24, 2.45) is 0 Å². The Labute approximate surface area is 137 Å². The lowest BCUT2D eigenvalue weighted by atomic mass is 10.2. The Morgan fingerprint density at radius 3 is 2.45 bits per heavy atom. The van der Waals surface area contributed by atoms with E-state index in [4.69, 9.17) is 16.3 Å². The first-order valence-electron chi connectivity index (χ1n) is 6.85. The van der Waals surface area contributed by atoms with E-state index in [9.17, 15) is 9.59 Å². The van der Waals surface area contributed by atoms with Gasteiger partial charge in [-0.3, -0.25) is 4.79 Å². The zero-order valence-electron chi connectivity index (χ0n) is 12.1. The van der Waals surface area contributed by atoms with Crippen LogP contribution in [0.1, 0.15) is 12.5 Å². The molecule has 1 aliphatic heterocycles. The number of alkyl carbamates (subject to hydrolysis) is 1. The number of hydrogen-bond donors (Lipinski definition) is 2. The van der Waals surface area contributed by atoms with Gasteiger partial charge in [0.15, 0.2) is 5.78 Å². The van der Waals surface area contributed by atoms with Gasteiger partial charge in [-0.25, -0.2) is 4.79 Å². The van der Waals surface area contributed by atoms with E-state index in [1.165, 1.54) is 0 Å². The number of hydrogen-bond acceptors (Lipinski definition) is 3. The number of thiol groups is 1. The molecule has 0 fully saturated rings. The van der Waals surface area contributed by atoms with Crippen molar-refractivity contribution < 1.29 is 14.3 Å². The molecule has 0 aliphatic carbocycles. The Bertz CT molecular complexity index is 574. The quantitative estimate of drug-likeness (QED) is 0.616. The molecule has 2 atom stereocenters. The van der Waals surface area contributed by atoms with E-state index in [-0.39, 0.29) is 12.4 Å². The molecule has 1 aromatic rings. The smallest absolute Gasteiger partial charge is 0.408 e. The molecule has 1 heterocycles. The molecule has 2 rings (SSSR count). The highest BCUT2D eigenvalue weighted by Crippen LogP contribution is 2.38. The summed E-state index contributed by atoms with van der Waals surface area (Å²) in [5.41, 5.74) is 0.887. The third-order valence-corrected chi connectivity index (χ3v) is 5.28. The summed E-state index contributed by atoms with van der Waals surface area (Å²) in [4.78, 5) is 24.1. The predicted octanol–water partition coefficient (Wildman–Crippen LogP) is 3.48. The highest BCUT2D eigenvalue weighted by molar-refractivity contribution is 8.23. The van der Waals surface area contributed by atoms with Crippen LogP contribution >= 0.6 is 22.5 Å². The fraction of sp³-hybridized carbons (Fsp3) is 0.250. The monoisotopic (exact) mass is 339 g/mol. The number of rotatable bonds is 6. The summed E-state index contributed by atoms with van der Waals surface area (Å²) in [5.74, 6) is -0.208. The third-order valence-electron chi connectivity index (χ3n) is 3.05. The van der Waals surface area contributed by atoms with E-state index in [0.717, 1.165) is 5.56 Å². The van der Waals surface area contributed by atoms with Crippen molar-refractivity contribution in [2.45, 2.75) is 24.3 Å². The normalized spacial score (nSPS) is 17.1. The van der Waals surface area contributed by atoms with Crippen LogP contribution in [0.5, 0.6) is 0 Å². The molecule has 0 spiro atoms. The summed E-state index contributed by atoms with van der Waals surface area (Å²) >= 11 is 5.88. The largest absolute Gasteiger partial charge is 0.445 e. The van der Waals surface area contributed by atoms with Crippen LogP contribution in [-0.2, 0) is 16.1 Å². The van der Waals surface area contributed by atoms with Crippen molar-refractivity contribution in [1.82, 2.24) is 5.32 Å². The van der Waals surface area contributed by atoms with Gasteiger partial charge in [-0.05, 0) is 23.3 Å². The van der Waals surface area contributed by atoms with Crippen molar-refractivity contribution in [3.05, 3.63) is 58.9 Å². The van der Waals surface area contributed by atoms with Gasteiger partial charge in [-0.2, -0.15) is 10.9 Å². The number of Topliss-reactive ketones (excluding diaryl/α,β-unsaturated/α-hetero) is 1. The van der Waals surface area contributed by atoms with E-state index in [0.29, 0.717) is 0 Å². The lowest BCUT2D eigenvalue weighted by molar-refractivity contribution is -0.118. The number of carbonyl (C=O) groups excluding carboxylic acids is 2. The van der Waals surface area contributed by atoms with Crippen molar-refractivity contribution in [3.63, 3.8) is 0 Å². The summed E-state index contributed by atoms with van der Waals surface area (Å²) in [7, 11) is -0.885. The van der Waals surface area contributed by atoms with Gasteiger partial charge in [-0.1, -0.05) is 42.5 Å². The number of benzene rings is 1. The van der Waals surface area contributed by atoms with Crippen LogP contribution in [0.25, 0.3) is 0 Å². The molecule has 1 aromatic carbocycles. The van der Waals surface area contributed by atoms with Crippen molar-refractivity contribution in [1.29, 1.82) is 0 Å². The maximum atomic E-state index is 12.2. The Balaban J connectivity index is 1.94. The van der Waals surface area contributed by atoms with Gasteiger partial charge in [0.25, 0.3) is 0 Å². The topological polar surface area (TPSA) is 55.4 Å². The molecule has 0 saturated carbocycles. The number of allylic oxidation sites excluding steroid dienone is 2. The Morgan fingerprint density at radius 2 is 1.86 bits per heavy atom. The zero-order chi connectivity index (χ0) is 15.9. The Morgan fingerprint density at radius 1 is 1.23 bits per heavy atom. The molecule has 0 saturated heterocycles. The minimum absolute atomic E-state index is 0.160. The molecule has 0 radical (unpaired) electrons. The summed E-state index contributed by atoms with van der Waals surface area (Å²) in [6.45, 7) is 1.76. The predicted molar refractivity (Wildman–Crippen MR) is 91.1 cm³/mol. The fourth-order valence-electron chi connectivity index (χ4n) is 1.91. The molecule has 0 aromatic heterocycles. The SMILES string of the molecule is C[C@@H](Cl)C(=O)C(NC(=O)OCc1ccccc1)[SH]1C=CC=C1. The van der Waals surface area contributed by atoms with Crippen LogP contribution in [0, 0.1) is 0 Å². The van der Waals surface area contributed by atoms with Gasteiger partial charge in [0.1, 0.15) is 12.0 Å². The van der Waals surface area contributed by atoms with Crippen LogP contribution < -0.4 is 5.32 Å². The third kappa shape index (κ3) is 4.64. The molecule has 6 heteroatoms. The highest BCUT2D eigenvalue weighted by Gasteiger charge is 2.28. The molecule has 22 heavy (non-hydrogen) atoms. The molecule has 0 bridgehead atoms. The van der Waals surface area contributed by atoms with Crippen LogP contribution in [-0.4, -0.2) is 22.6 Å². The first kappa shape index (κ1) is 16.6. The van der Waals surface area contributed by atoms with Crippen molar-refractivity contribution in [3.8, 4) is 0 Å². The zero-order valence-corrected chi connectivity index (χ0v) is 13.8. The standard InChI is InChI=1S/C16H18ClNO3S/c1-12(17)14(19)15(22-9-5-6-10-22)18-16(20)21-11-13-7-3-2-4-8-13/h2-10,12,15,22H,11H2,1H3,(H,18,20)/t12-,15?/m1/s1. The number of amides is 1. The molecule has 1 N–H and O–H groups in total. The second kappa shape index (κ2) is 8.06. The maximum Gasteiger partial charge on any atom is 0.408 e. The second-order valence-corrected chi connectivity index (χ2v) is 7.42. The van der Waals surface area contributed by atoms with E-state index >= 15 is 0 Å². The number of alkyl halides is 1. The van der Waals surface area contributed by atoms with Gasteiger partial charge >= 0.3 is 6.09 Å². The first-order chi connectivity index (χ1) is 10.6. The van der Waals surface area contributed by atoms with Gasteiger partial charge in [-0.15, -0.1) is 11.6 Å².